The number of thioether (sulfide) groups is 2. The second-order valence-electron chi connectivity index (χ2n) is 19.3. The first-order valence-electron chi connectivity index (χ1n) is 25.2. The number of hydrogen-bond donors (Lipinski definition) is 12. The predicted octanol–water partition coefficient (Wildman–Crippen LogP) is 1.36. The van der Waals surface area contributed by atoms with E-state index in [1.165, 1.54) is 37.4 Å². The lowest BCUT2D eigenvalue weighted by molar-refractivity contribution is -0.143. The smallest absolute Gasteiger partial charge is 0.326 e. The van der Waals surface area contributed by atoms with Crippen molar-refractivity contribution in [2.24, 2.45) is 17.6 Å². The zero-order valence-electron chi connectivity index (χ0n) is 44.4. The van der Waals surface area contributed by atoms with Crippen LogP contribution in [0.4, 0.5) is 0 Å². The molecule has 2 aromatic carbocycles. The number of aliphatic carboxylic acids is 2. The van der Waals surface area contributed by atoms with Crippen LogP contribution in [0.1, 0.15) is 84.8 Å². The number of aromatic nitrogens is 1. The predicted molar refractivity (Wildman–Crippen MR) is 292 cm³/mol. The van der Waals surface area contributed by atoms with Gasteiger partial charge in [0.2, 0.25) is 47.3 Å². The summed E-state index contributed by atoms with van der Waals surface area (Å²) in [5.41, 5.74) is 8.24. The van der Waals surface area contributed by atoms with Gasteiger partial charge in [0.25, 0.3) is 0 Å². The highest BCUT2D eigenvalue weighted by atomic mass is 32.2. The third-order valence-corrected chi connectivity index (χ3v) is 13.5. The topological polar surface area (TPSA) is 349 Å². The van der Waals surface area contributed by atoms with E-state index in [0.29, 0.717) is 23.5 Å². The third-order valence-electron chi connectivity index (χ3n) is 12.2. The van der Waals surface area contributed by atoms with Gasteiger partial charge in [0.05, 0.1) is 6.04 Å². The second kappa shape index (κ2) is 32.0. The molecule has 0 spiro atoms. The molecule has 24 heteroatoms. The summed E-state index contributed by atoms with van der Waals surface area (Å²) in [4.78, 5) is 136. The van der Waals surface area contributed by atoms with E-state index in [1.807, 2.05) is 32.4 Å². The molecule has 1 heterocycles. The first-order chi connectivity index (χ1) is 35.9. The largest absolute Gasteiger partial charge is 0.481 e. The van der Waals surface area contributed by atoms with Crippen LogP contribution in [0.2, 0.25) is 0 Å². The summed E-state index contributed by atoms with van der Waals surface area (Å²) in [6.07, 6.45) is 5.03. The van der Waals surface area contributed by atoms with Gasteiger partial charge in [-0.1, -0.05) is 76.2 Å². The minimum absolute atomic E-state index is 0.110. The molecule has 0 bridgehead atoms. The van der Waals surface area contributed by atoms with E-state index in [1.54, 1.807) is 68.6 Å². The molecule has 0 saturated heterocycles. The Morgan fingerprint density at radius 2 is 1.04 bits per heavy atom. The molecular formula is C52H76N10O12S2. The number of carboxylic acid groups (broad SMARTS) is 2. The minimum Gasteiger partial charge on any atom is -0.481 e. The molecule has 76 heavy (non-hydrogen) atoms. The van der Waals surface area contributed by atoms with Crippen molar-refractivity contribution in [2.75, 3.05) is 24.0 Å². The van der Waals surface area contributed by atoms with E-state index in [-0.39, 0.29) is 31.6 Å². The number of carbonyl (C=O) groups excluding carboxylic acids is 8. The zero-order chi connectivity index (χ0) is 56.6. The Bertz CT molecular complexity index is 2460. The Morgan fingerprint density at radius 1 is 0.539 bits per heavy atom. The monoisotopic (exact) mass is 1100 g/mol. The van der Waals surface area contributed by atoms with Crippen LogP contribution in [0.25, 0.3) is 10.9 Å². The highest BCUT2D eigenvalue weighted by Gasteiger charge is 2.35. The van der Waals surface area contributed by atoms with Crippen LogP contribution < -0.4 is 48.3 Å². The van der Waals surface area contributed by atoms with Gasteiger partial charge in [-0.05, 0) is 92.6 Å². The van der Waals surface area contributed by atoms with Crippen molar-refractivity contribution in [1.29, 1.82) is 0 Å². The molecule has 0 aliphatic carbocycles. The number of amides is 8. The van der Waals surface area contributed by atoms with Crippen LogP contribution in [0.3, 0.4) is 0 Å². The fourth-order valence-electron chi connectivity index (χ4n) is 7.85. The molecule has 0 aliphatic heterocycles. The van der Waals surface area contributed by atoms with Gasteiger partial charge >= 0.3 is 11.9 Å². The molecule has 0 radical (unpaired) electrons. The standard InChI is InChI=1S/C52H76N10O12S2/c1-28(2)24-39(60-48(69)38(21-23-76-8)58-49(70)40(25-32-14-10-9-11-15-32)59-46(67)35(53)20-22-75-7)50(71)62-43(29(3)4)51(72)56-30(5)44(65)55-31(6)45(66)57-37(18-19-42(63)64)47(68)61-41(52(73)74)26-33-27-54-36-17-13-12-16-34(33)36/h9-17,27-31,35,37-41,43,54H,18-26,53H2,1-8H3,(H,55,65)(H,56,72)(H,57,66)(H,58,70)(H,59,67)(H,60,69)(H,61,68)(H,62,71)(H,63,64)(H,73,74)/t30-,31-,35-,37-,38-,39-,40-,41-,43-/m0/s1. The molecule has 3 aromatic rings. The second-order valence-corrected chi connectivity index (χ2v) is 21.3. The normalized spacial score (nSPS) is 14.8. The van der Waals surface area contributed by atoms with E-state index < -0.39 is 132 Å². The lowest BCUT2D eigenvalue weighted by Gasteiger charge is -2.29. The Labute approximate surface area is 451 Å². The van der Waals surface area contributed by atoms with E-state index in [9.17, 15) is 58.2 Å². The van der Waals surface area contributed by atoms with Gasteiger partial charge in [0.15, 0.2) is 0 Å². The number of rotatable bonds is 33. The van der Waals surface area contributed by atoms with E-state index in [2.05, 4.69) is 47.5 Å². The summed E-state index contributed by atoms with van der Waals surface area (Å²) >= 11 is 2.97. The van der Waals surface area contributed by atoms with Gasteiger partial charge in [-0.2, -0.15) is 23.5 Å². The van der Waals surface area contributed by atoms with E-state index >= 15 is 0 Å². The van der Waals surface area contributed by atoms with Crippen LogP contribution in [0.5, 0.6) is 0 Å². The summed E-state index contributed by atoms with van der Waals surface area (Å²) in [6.45, 7) is 9.60. The number of aromatic amines is 1. The van der Waals surface area contributed by atoms with Crippen molar-refractivity contribution in [3.8, 4) is 0 Å². The maximum atomic E-state index is 14.1. The summed E-state index contributed by atoms with van der Waals surface area (Å²) in [7, 11) is 0. The van der Waals surface area contributed by atoms with Gasteiger partial charge in [0, 0.05) is 36.4 Å². The molecular weight excluding hydrogens is 1020 g/mol. The van der Waals surface area contributed by atoms with Crippen LogP contribution in [0.15, 0.2) is 60.8 Å². The molecule has 3 rings (SSSR count). The van der Waals surface area contributed by atoms with Gasteiger partial charge < -0.3 is 63.5 Å². The van der Waals surface area contributed by atoms with Gasteiger partial charge in [-0.15, -0.1) is 0 Å². The number of nitrogens with two attached hydrogens (primary N) is 1. The summed E-state index contributed by atoms with van der Waals surface area (Å²) < 4.78 is 0. The lowest BCUT2D eigenvalue weighted by atomic mass is 9.99. The number of carboxylic acids is 2. The molecule has 0 aliphatic rings. The van der Waals surface area contributed by atoms with Gasteiger partial charge in [-0.25, -0.2) is 4.79 Å². The van der Waals surface area contributed by atoms with Crippen molar-refractivity contribution in [1.82, 2.24) is 47.5 Å². The zero-order valence-corrected chi connectivity index (χ0v) is 46.0. The van der Waals surface area contributed by atoms with Crippen LogP contribution in [-0.2, 0) is 60.8 Å². The number of carbonyl (C=O) groups is 10. The minimum atomic E-state index is -1.51. The Morgan fingerprint density at radius 3 is 1.63 bits per heavy atom. The Balaban J connectivity index is 1.69. The van der Waals surface area contributed by atoms with Crippen molar-refractivity contribution in [3.05, 3.63) is 71.9 Å². The fourth-order valence-corrected chi connectivity index (χ4v) is 8.81. The maximum absolute atomic E-state index is 14.1. The number of fused-ring (bicyclic) bond motifs is 1. The molecule has 418 valence electrons. The molecule has 8 amide bonds. The average Bonchev–Trinajstić information content (AvgIpc) is 3.78. The quantitative estimate of drug-likeness (QED) is 0.0410. The molecule has 1 aromatic heterocycles. The summed E-state index contributed by atoms with van der Waals surface area (Å²) in [5.74, 6) is -8.26. The Kier molecular flexibility index (Phi) is 26.8. The SMILES string of the molecule is CSCC[C@H](NC(=O)[C@H](Cc1ccccc1)NC(=O)[C@@H](N)CCSC)C(=O)N[C@@H](CC(C)C)C(=O)N[C@H](C(=O)N[C@@H](C)C(=O)N[C@@H](C)C(=O)N[C@@H](CCC(=O)O)C(=O)N[C@@H](Cc1c[nH]c2ccccc12)C(=O)O)C(C)C. The fraction of sp³-hybridized carbons (Fsp3) is 0.538. The number of H-pyrrole nitrogens is 1. The molecule has 9 atom stereocenters. The first-order valence-corrected chi connectivity index (χ1v) is 27.9. The number of nitrogens with one attached hydrogen (secondary N) is 9. The Hall–Kier alpha value is -6.66. The van der Waals surface area contributed by atoms with Crippen molar-refractivity contribution >= 4 is 93.6 Å². The first kappa shape index (κ1) is 63.6. The van der Waals surface area contributed by atoms with Crippen molar-refractivity contribution in [3.63, 3.8) is 0 Å². The summed E-state index contributed by atoms with van der Waals surface area (Å²) in [5, 5.41) is 40.9. The highest BCUT2D eigenvalue weighted by Crippen LogP contribution is 2.20. The van der Waals surface area contributed by atoms with Crippen molar-refractivity contribution in [2.45, 2.75) is 141 Å². The maximum Gasteiger partial charge on any atom is 0.326 e. The van der Waals surface area contributed by atoms with E-state index in [0.717, 1.165) is 16.5 Å². The van der Waals surface area contributed by atoms with Crippen LogP contribution >= 0.6 is 23.5 Å². The molecule has 13 N–H and O–H groups in total. The number of para-hydroxylation sites is 1. The number of hydrogen-bond acceptors (Lipinski definition) is 13. The van der Waals surface area contributed by atoms with Gasteiger partial charge in [0.1, 0.15) is 48.3 Å². The number of benzene rings is 2. The average molecular weight is 1100 g/mol. The summed E-state index contributed by atoms with van der Waals surface area (Å²) in [6, 6.07) is 5.08. The van der Waals surface area contributed by atoms with Crippen molar-refractivity contribution < 1.29 is 58.2 Å². The highest BCUT2D eigenvalue weighted by molar-refractivity contribution is 7.98. The van der Waals surface area contributed by atoms with Gasteiger partial charge in [-0.3, -0.25) is 43.2 Å². The van der Waals surface area contributed by atoms with Crippen LogP contribution in [0, 0.1) is 11.8 Å². The molecule has 22 nitrogen and oxygen atoms in total. The lowest BCUT2D eigenvalue weighted by Crippen LogP contribution is -2.61. The van der Waals surface area contributed by atoms with Crippen LogP contribution in [-0.4, -0.2) is 153 Å². The molecule has 0 unspecified atom stereocenters. The van der Waals surface area contributed by atoms with E-state index in [4.69, 9.17) is 5.73 Å². The molecule has 0 fully saturated rings. The third kappa shape index (κ3) is 21.2. The molecule has 0 saturated carbocycles.